The van der Waals surface area contributed by atoms with Gasteiger partial charge in [0.1, 0.15) is 5.69 Å². The highest BCUT2D eigenvalue weighted by Gasteiger charge is 2.15. The van der Waals surface area contributed by atoms with Crippen molar-refractivity contribution in [2.24, 2.45) is 0 Å². The van der Waals surface area contributed by atoms with Gasteiger partial charge in [0.15, 0.2) is 0 Å². The normalized spacial score (nSPS) is 15.0. The van der Waals surface area contributed by atoms with E-state index >= 15 is 0 Å². The van der Waals surface area contributed by atoms with Gasteiger partial charge in [-0.2, -0.15) is 0 Å². The first-order chi connectivity index (χ1) is 10.7. The Kier molecular flexibility index (Phi) is 4.44. The molecule has 1 aliphatic rings. The van der Waals surface area contributed by atoms with E-state index in [1.54, 1.807) is 6.20 Å². The Hall–Kier alpha value is -2.27. The van der Waals surface area contributed by atoms with E-state index in [-0.39, 0.29) is 5.91 Å². The van der Waals surface area contributed by atoms with Crippen molar-refractivity contribution in [1.29, 1.82) is 0 Å². The summed E-state index contributed by atoms with van der Waals surface area (Å²) < 4.78 is 0. The van der Waals surface area contributed by atoms with Crippen molar-refractivity contribution in [2.75, 3.05) is 18.4 Å². The van der Waals surface area contributed by atoms with Gasteiger partial charge in [-0.05, 0) is 44.5 Å². The van der Waals surface area contributed by atoms with E-state index in [0.717, 1.165) is 36.6 Å². The highest BCUT2D eigenvalue weighted by atomic mass is 16.1. The van der Waals surface area contributed by atoms with Crippen molar-refractivity contribution in [2.45, 2.75) is 26.3 Å². The van der Waals surface area contributed by atoms with Gasteiger partial charge in [-0.3, -0.25) is 14.7 Å². The van der Waals surface area contributed by atoms with Crippen LogP contribution in [0.5, 0.6) is 0 Å². The van der Waals surface area contributed by atoms with Crippen LogP contribution in [0.4, 0.5) is 5.69 Å². The molecule has 2 aromatic rings. The van der Waals surface area contributed by atoms with Crippen LogP contribution in [0.15, 0.2) is 36.7 Å². The molecule has 5 heteroatoms. The number of para-hydroxylation sites is 1. The predicted molar refractivity (Wildman–Crippen MR) is 85.7 cm³/mol. The van der Waals surface area contributed by atoms with Gasteiger partial charge in [-0.1, -0.05) is 18.2 Å². The summed E-state index contributed by atoms with van der Waals surface area (Å²) in [7, 11) is 0. The summed E-state index contributed by atoms with van der Waals surface area (Å²) in [5, 5.41) is 2.95. The number of amides is 1. The summed E-state index contributed by atoms with van der Waals surface area (Å²) in [5.74, 6) is -0.221. The number of hydrogen-bond donors (Lipinski definition) is 1. The van der Waals surface area contributed by atoms with Crippen LogP contribution < -0.4 is 5.32 Å². The highest BCUT2D eigenvalue weighted by Crippen LogP contribution is 2.20. The molecule has 1 N–H and O–H groups in total. The van der Waals surface area contributed by atoms with Crippen LogP contribution in [0.2, 0.25) is 0 Å². The first-order valence-electron chi connectivity index (χ1n) is 7.62. The van der Waals surface area contributed by atoms with Crippen LogP contribution in [-0.4, -0.2) is 33.9 Å². The summed E-state index contributed by atoms with van der Waals surface area (Å²) in [6.07, 6.45) is 5.62. The number of anilines is 1. The van der Waals surface area contributed by atoms with Gasteiger partial charge >= 0.3 is 0 Å². The van der Waals surface area contributed by atoms with E-state index in [1.165, 1.54) is 19.0 Å². The van der Waals surface area contributed by atoms with Crippen molar-refractivity contribution < 1.29 is 4.79 Å². The van der Waals surface area contributed by atoms with E-state index in [1.807, 2.05) is 25.1 Å². The molecule has 1 fully saturated rings. The Balaban J connectivity index is 1.73. The highest BCUT2D eigenvalue weighted by molar-refractivity contribution is 6.03. The zero-order chi connectivity index (χ0) is 15.4. The Bertz CT molecular complexity index is 648. The molecule has 22 heavy (non-hydrogen) atoms. The van der Waals surface area contributed by atoms with Crippen molar-refractivity contribution in [1.82, 2.24) is 14.9 Å². The van der Waals surface area contributed by atoms with Gasteiger partial charge in [-0.15, -0.1) is 0 Å². The molecule has 0 unspecified atom stereocenters. The third kappa shape index (κ3) is 3.49. The molecule has 0 saturated carbocycles. The molecule has 0 aliphatic carbocycles. The molecule has 3 rings (SSSR count). The van der Waals surface area contributed by atoms with Gasteiger partial charge in [0.2, 0.25) is 0 Å². The van der Waals surface area contributed by atoms with Gasteiger partial charge in [0, 0.05) is 18.4 Å². The van der Waals surface area contributed by atoms with Crippen molar-refractivity contribution in [3.05, 3.63) is 53.6 Å². The van der Waals surface area contributed by atoms with Gasteiger partial charge < -0.3 is 5.32 Å². The lowest BCUT2D eigenvalue weighted by atomic mass is 10.1. The first kappa shape index (κ1) is 14.7. The molecule has 0 atom stereocenters. The third-order valence-electron chi connectivity index (χ3n) is 3.87. The Morgan fingerprint density at radius 1 is 1.18 bits per heavy atom. The molecule has 1 aromatic carbocycles. The molecule has 1 amide bonds. The summed E-state index contributed by atoms with van der Waals surface area (Å²) in [6.45, 7) is 4.98. The second kappa shape index (κ2) is 6.66. The van der Waals surface area contributed by atoms with E-state index < -0.39 is 0 Å². The fourth-order valence-electron chi connectivity index (χ4n) is 2.66. The third-order valence-corrected chi connectivity index (χ3v) is 3.87. The van der Waals surface area contributed by atoms with Crippen LogP contribution in [-0.2, 0) is 6.54 Å². The van der Waals surface area contributed by atoms with Crippen LogP contribution in [0, 0.1) is 6.92 Å². The summed E-state index contributed by atoms with van der Waals surface area (Å²) >= 11 is 0. The summed E-state index contributed by atoms with van der Waals surface area (Å²) in [6, 6.07) is 7.94. The lowest BCUT2D eigenvalue weighted by Gasteiger charge is -2.17. The van der Waals surface area contributed by atoms with E-state index in [4.69, 9.17) is 0 Å². The van der Waals surface area contributed by atoms with E-state index in [2.05, 4.69) is 26.3 Å². The maximum Gasteiger partial charge on any atom is 0.275 e. The average Bonchev–Trinajstić information content (AvgIpc) is 3.03. The quantitative estimate of drug-likeness (QED) is 0.942. The molecule has 2 heterocycles. The van der Waals surface area contributed by atoms with E-state index in [9.17, 15) is 4.79 Å². The number of nitrogens with one attached hydrogen (secondary N) is 1. The first-order valence-corrected chi connectivity index (χ1v) is 7.62. The molecule has 5 nitrogen and oxygen atoms in total. The topological polar surface area (TPSA) is 58.1 Å². The number of carbonyl (C=O) groups is 1. The van der Waals surface area contributed by atoms with Crippen LogP contribution >= 0.6 is 0 Å². The number of aryl methyl sites for hydroxylation is 1. The molecule has 114 valence electrons. The monoisotopic (exact) mass is 296 g/mol. The van der Waals surface area contributed by atoms with Crippen LogP contribution in [0.3, 0.4) is 0 Å². The minimum absolute atomic E-state index is 0.221. The largest absolute Gasteiger partial charge is 0.320 e. The second-order valence-electron chi connectivity index (χ2n) is 5.64. The SMILES string of the molecule is Cc1cnc(C(=O)Nc2ccccc2CN2CCCC2)cn1. The number of nitrogens with zero attached hydrogens (tertiary/aromatic N) is 3. The second-order valence-corrected chi connectivity index (χ2v) is 5.64. The standard InChI is InChI=1S/C17H20N4O/c1-13-10-19-16(11-18-13)17(22)20-15-7-3-2-6-14(15)12-21-8-4-5-9-21/h2-3,6-7,10-11H,4-5,8-9,12H2,1H3,(H,20,22). The number of benzene rings is 1. The van der Waals surface area contributed by atoms with Crippen molar-refractivity contribution >= 4 is 11.6 Å². The van der Waals surface area contributed by atoms with Crippen molar-refractivity contribution in [3.63, 3.8) is 0 Å². The predicted octanol–water partition coefficient (Wildman–Crippen LogP) is 2.63. The Morgan fingerprint density at radius 3 is 2.68 bits per heavy atom. The van der Waals surface area contributed by atoms with Gasteiger partial charge in [0.05, 0.1) is 11.9 Å². The van der Waals surface area contributed by atoms with Crippen LogP contribution in [0.25, 0.3) is 0 Å². The molecule has 0 spiro atoms. The van der Waals surface area contributed by atoms with E-state index in [0.29, 0.717) is 5.69 Å². The minimum Gasteiger partial charge on any atom is -0.320 e. The fraction of sp³-hybridized carbons (Fsp3) is 0.353. The number of rotatable bonds is 4. The van der Waals surface area contributed by atoms with Gasteiger partial charge in [0.25, 0.3) is 5.91 Å². The van der Waals surface area contributed by atoms with Gasteiger partial charge in [-0.25, -0.2) is 4.98 Å². The molecule has 1 saturated heterocycles. The molecular formula is C17H20N4O. The molecule has 0 bridgehead atoms. The maximum atomic E-state index is 12.3. The number of likely N-dealkylation sites (tertiary alicyclic amines) is 1. The lowest BCUT2D eigenvalue weighted by Crippen LogP contribution is -2.21. The lowest BCUT2D eigenvalue weighted by molar-refractivity contribution is 0.102. The smallest absolute Gasteiger partial charge is 0.275 e. The zero-order valence-corrected chi connectivity index (χ0v) is 12.7. The van der Waals surface area contributed by atoms with Crippen molar-refractivity contribution in [3.8, 4) is 0 Å². The fourth-order valence-corrected chi connectivity index (χ4v) is 2.66. The molecule has 0 radical (unpaired) electrons. The Morgan fingerprint density at radius 2 is 1.95 bits per heavy atom. The number of aromatic nitrogens is 2. The molecule has 1 aliphatic heterocycles. The zero-order valence-electron chi connectivity index (χ0n) is 12.7. The molecule has 1 aromatic heterocycles. The maximum absolute atomic E-state index is 12.3. The Labute approximate surface area is 130 Å². The number of hydrogen-bond acceptors (Lipinski definition) is 4. The summed E-state index contributed by atoms with van der Waals surface area (Å²) in [5.41, 5.74) is 3.12. The average molecular weight is 296 g/mol. The van der Waals surface area contributed by atoms with Crippen LogP contribution in [0.1, 0.15) is 34.6 Å². The number of carbonyl (C=O) groups excluding carboxylic acids is 1. The molecular weight excluding hydrogens is 276 g/mol. The minimum atomic E-state index is -0.221. The summed E-state index contributed by atoms with van der Waals surface area (Å²) in [4.78, 5) is 22.9.